The Labute approximate surface area is 182 Å². The first-order valence-corrected chi connectivity index (χ1v) is 10.2. The monoisotopic (exact) mass is 444 g/mol. The molecule has 0 radical (unpaired) electrons. The number of amides is 1. The van der Waals surface area contributed by atoms with E-state index in [2.05, 4.69) is 5.32 Å². The second-order valence-electron chi connectivity index (χ2n) is 6.85. The number of carbonyl (C=O) groups excluding carboxylic acids is 3. The average Bonchev–Trinajstić information content (AvgIpc) is 3.09. The Hall–Kier alpha value is -3.40. The first kappa shape index (κ1) is 22.3. The first-order valence-electron chi connectivity index (χ1n) is 9.36. The summed E-state index contributed by atoms with van der Waals surface area (Å²) in [5.41, 5.74) is -0.0136. The van der Waals surface area contributed by atoms with E-state index in [1.807, 2.05) is 18.2 Å². The zero-order chi connectivity index (χ0) is 22.5. The number of thioether (sulfide) groups is 1. The van der Waals surface area contributed by atoms with Gasteiger partial charge in [-0.15, -0.1) is 11.8 Å². The molecule has 162 valence electrons. The molecule has 10 heteroatoms. The lowest BCUT2D eigenvalue weighted by Crippen LogP contribution is -2.40. The number of carbonyl (C=O) groups is 3. The molecule has 1 aliphatic carbocycles. The topological polar surface area (TPSA) is 125 Å². The fraction of sp³-hybridized carbons (Fsp3) is 0.286. The molecule has 0 bridgehead atoms. The van der Waals surface area contributed by atoms with Gasteiger partial charge in [-0.2, -0.15) is 0 Å². The van der Waals surface area contributed by atoms with Crippen molar-refractivity contribution in [3.8, 4) is 5.75 Å². The van der Waals surface area contributed by atoms with Crippen LogP contribution in [0.15, 0.2) is 47.4 Å². The quantitative estimate of drug-likeness (QED) is 0.233. The van der Waals surface area contributed by atoms with Crippen molar-refractivity contribution in [1.29, 1.82) is 0 Å². The summed E-state index contributed by atoms with van der Waals surface area (Å²) in [6.07, 6.45) is 9.15. The summed E-state index contributed by atoms with van der Waals surface area (Å²) in [4.78, 5) is 47.4. The molecule has 1 aromatic carbocycles. The van der Waals surface area contributed by atoms with Crippen LogP contribution in [0.2, 0.25) is 0 Å². The molecule has 0 saturated carbocycles. The second kappa shape index (κ2) is 9.61. The number of nitrogens with zero attached hydrogens (tertiary/aromatic N) is 1. The molecule has 3 atom stereocenters. The van der Waals surface area contributed by atoms with Crippen LogP contribution >= 0.6 is 11.8 Å². The molecule has 1 N–H and O–H groups in total. The van der Waals surface area contributed by atoms with Crippen molar-refractivity contribution in [2.75, 3.05) is 7.11 Å². The molecule has 9 nitrogen and oxygen atoms in total. The average molecular weight is 444 g/mol. The zero-order valence-corrected chi connectivity index (χ0v) is 17.6. The van der Waals surface area contributed by atoms with E-state index in [1.54, 1.807) is 0 Å². The number of nitro benzene ring substituents is 1. The van der Waals surface area contributed by atoms with Crippen LogP contribution in [0.25, 0.3) is 6.08 Å². The van der Waals surface area contributed by atoms with Gasteiger partial charge < -0.3 is 14.8 Å². The molecule has 0 aromatic heterocycles. The molecule has 1 saturated heterocycles. The van der Waals surface area contributed by atoms with E-state index in [0.717, 1.165) is 11.8 Å². The number of fused-ring (bicyclic) bond motifs is 1. The molecule has 1 fully saturated rings. The maximum absolute atomic E-state index is 12.5. The van der Waals surface area contributed by atoms with Crippen LogP contribution in [0, 0.1) is 22.0 Å². The molecule has 3 unspecified atom stereocenters. The zero-order valence-electron chi connectivity index (χ0n) is 16.8. The van der Waals surface area contributed by atoms with Crippen molar-refractivity contribution in [2.24, 2.45) is 11.8 Å². The highest BCUT2D eigenvalue weighted by Crippen LogP contribution is 2.48. The molecule has 31 heavy (non-hydrogen) atoms. The number of nitrogens with one attached hydrogen (secondary N) is 1. The SMILES string of the molecule is COC(=O)C1C(NC(=O)C=Cc2ccc(OC(C)=O)c([N+](=O)[O-])c2)SC2=CC=CCC21. The normalized spacial score (nSPS) is 21.9. The summed E-state index contributed by atoms with van der Waals surface area (Å²) >= 11 is 1.42. The van der Waals surface area contributed by atoms with Gasteiger partial charge in [0.25, 0.3) is 0 Å². The van der Waals surface area contributed by atoms with E-state index in [9.17, 15) is 24.5 Å². The van der Waals surface area contributed by atoms with E-state index >= 15 is 0 Å². The third kappa shape index (κ3) is 5.21. The lowest BCUT2D eigenvalue weighted by atomic mass is 9.87. The van der Waals surface area contributed by atoms with E-state index in [-0.39, 0.29) is 17.6 Å². The van der Waals surface area contributed by atoms with Crippen LogP contribution in [0.4, 0.5) is 5.69 Å². The summed E-state index contributed by atoms with van der Waals surface area (Å²) in [6, 6.07) is 3.98. The van der Waals surface area contributed by atoms with Gasteiger partial charge in [0, 0.05) is 25.0 Å². The second-order valence-corrected chi connectivity index (χ2v) is 8.06. The first-order chi connectivity index (χ1) is 14.8. The molecule has 1 aromatic rings. The summed E-state index contributed by atoms with van der Waals surface area (Å²) in [5, 5.41) is 13.6. The van der Waals surface area contributed by atoms with E-state index in [4.69, 9.17) is 9.47 Å². The van der Waals surface area contributed by atoms with Gasteiger partial charge in [-0.05, 0) is 29.0 Å². The van der Waals surface area contributed by atoms with Crippen molar-refractivity contribution >= 4 is 41.4 Å². The van der Waals surface area contributed by atoms with E-state index in [0.29, 0.717) is 12.0 Å². The van der Waals surface area contributed by atoms with Crippen LogP contribution in [0.5, 0.6) is 5.75 Å². The van der Waals surface area contributed by atoms with Crippen LogP contribution in [-0.2, 0) is 19.1 Å². The molecule has 1 amide bonds. The number of ether oxygens (including phenoxy) is 2. The molecule has 1 heterocycles. The highest BCUT2D eigenvalue weighted by molar-refractivity contribution is 8.04. The minimum Gasteiger partial charge on any atom is -0.469 e. The largest absolute Gasteiger partial charge is 0.469 e. The van der Waals surface area contributed by atoms with Crippen LogP contribution in [0.1, 0.15) is 18.9 Å². The van der Waals surface area contributed by atoms with Crippen LogP contribution in [-0.4, -0.2) is 35.3 Å². The molecule has 1 aliphatic heterocycles. The molecule has 0 spiro atoms. The Morgan fingerprint density at radius 2 is 2.10 bits per heavy atom. The highest BCUT2D eigenvalue weighted by atomic mass is 32.2. The number of methoxy groups -OCH3 is 1. The third-order valence-electron chi connectivity index (χ3n) is 4.79. The Balaban J connectivity index is 1.72. The fourth-order valence-electron chi connectivity index (χ4n) is 3.43. The highest BCUT2D eigenvalue weighted by Gasteiger charge is 2.46. The molecular formula is C21H20N2O7S. The van der Waals surface area contributed by atoms with Crippen molar-refractivity contribution in [3.05, 3.63) is 63.1 Å². The van der Waals surface area contributed by atoms with E-state index in [1.165, 1.54) is 49.2 Å². The molecule has 3 rings (SSSR count). The number of allylic oxidation sites excluding steroid dienone is 4. The maximum Gasteiger partial charge on any atom is 0.312 e. The predicted molar refractivity (Wildman–Crippen MR) is 114 cm³/mol. The minimum absolute atomic E-state index is 0.0341. The summed E-state index contributed by atoms with van der Waals surface area (Å²) in [5.74, 6) is -2.23. The lowest BCUT2D eigenvalue weighted by Gasteiger charge is -2.21. The predicted octanol–water partition coefficient (Wildman–Crippen LogP) is 2.97. The Kier molecular flexibility index (Phi) is 6.91. The third-order valence-corrected chi connectivity index (χ3v) is 6.17. The number of benzene rings is 1. The van der Waals surface area contributed by atoms with Gasteiger partial charge in [0.15, 0.2) is 0 Å². The summed E-state index contributed by atoms with van der Waals surface area (Å²) in [6.45, 7) is 1.15. The Morgan fingerprint density at radius 3 is 2.77 bits per heavy atom. The Bertz CT molecular complexity index is 1010. The van der Waals surface area contributed by atoms with Gasteiger partial charge in [-0.3, -0.25) is 24.5 Å². The van der Waals surface area contributed by atoms with Gasteiger partial charge in [0.05, 0.1) is 23.3 Å². The number of nitro groups is 1. The summed E-state index contributed by atoms with van der Waals surface area (Å²) in [7, 11) is 1.32. The molecule has 2 aliphatic rings. The van der Waals surface area contributed by atoms with Crippen molar-refractivity contribution < 1.29 is 28.8 Å². The van der Waals surface area contributed by atoms with Crippen molar-refractivity contribution in [2.45, 2.75) is 18.7 Å². The number of hydrogen-bond donors (Lipinski definition) is 1. The van der Waals surface area contributed by atoms with Gasteiger partial charge in [-0.1, -0.05) is 24.3 Å². The van der Waals surface area contributed by atoms with Crippen LogP contribution < -0.4 is 10.1 Å². The number of hydrogen-bond acceptors (Lipinski definition) is 8. The minimum atomic E-state index is -0.675. The van der Waals surface area contributed by atoms with E-state index < -0.39 is 33.8 Å². The van der Waals surface area contributed by atoms with Gasteiger partial charge in [-0.25, -0.2) is 0 Å². The van der Waals surface area contributed by atoms with Crippen molar-refractivity contribution in [3.63, 3.8) is 0 Å². The fourth-order valence-corrected chi connectivity index (χ4v) is 4.92. The Morgan fingerprint density at radius 1 is 1.32 bits per heavy atom. The maximum atomic E-state index is 12.5. The van der Waals surface area contributed by atoms with Gasteiger partial charge >= 0.3 is 17.6 Å². The summed E-state index contributed by atoms with van der Waals surface area (Å²) < 4.78 is 9.75. The van der Waals surface area contributed by atoms with Gasteiger partial charge in [0.2, 0.25) is 11.7 Å². The smallest absolute Gasteiger partial charge is 0.312 e. The van der Waals surface area contributed by atoms with Crippen LogP contribution in [0.3, 0.4) is 0 Å². The molecular weight excluding hydrogens is 424 g/mol. The lowest BCUT2D eigenvalue weighted by molar-refractivity contribution is -0.385. The van der Waals surface area contributed by atoms with Gasteiger partial charge in [0.1, 0.15) is 0 Å². The number of rotatable bonds is 6. The van der Waals surface area contributed by atoms with Crippen molar-refractivity contribution in [1.82, 2.24) is 5.32 Å². The standard InChI is InChI=1S/C21H20N2O7S/c1-12(24)30-16-9-7-13(11-15(16)23(27)28)8-10-18(25)22-20-19(21(26)29-2)14-5-3-4-6-17(14)31-20/h3-4,6-11,14,19-20H,5H2,1-2H3,(H,22,25). The number of esters is 2.